The van der Waals surface area contributed by atoms with Gasteiger partial charge in [-0.25, -0.2) is 0 Å². The van der Waals surface area contributed by atoms with Gasteiger partial charge in [0.25, 0.3) is 0 Å². The van der Waals surface area contributed by atoms with E-state index < -0.39 is 0 Å². The van der Waals surface area contributed by atoms with Gasteiger partial charge in [0.2, 0.25) is 0 Å². The van der Waals surface area contributed by atoms with E-state index in [0.717, 1.165) is 56.7 Å². The summed E-state index contributed by atoms with van der Waals surface area (Å²) < 4.78 is 10.4. The van der Waals surface area contributed by atoms with Crippen LogP contribution in [-0.2, 0) is 6.54 Å². The van der Waals surface area contributed by atoms with Crippen molar-refractivity contribution < 1.29 is 9.26 Å². The molecule has 1 atom stereocenters. The van der Waals surface area contributed by atoms with Crippen LogP contribution in [0.5, 0.6) is 5.75 Å². The van der Waals surface area contributed by atoms with Crippen molar-refractivity contribution in [1.29, 1.82) is 0 Å². The van der Waals surface area contributed by atoms with Crippen molar-refractivity contribution in [3.05, 3.63) is 47.9 Å². The summed E-state index contributed by atoms with van der Waals surface area (Å²) in [5.41, 5.74) is 2.19. The van der Waals surface area contributed by atoms with E-state index in [1.807, 2.05) is 25.2 Å². The van der Waals surface area contributed by atoms with E-state index in [2.05, 4.69) is 44.3 Å². The van der Waals surface area contributed by atoms with Gasteiger partial charge in [0.1, 0.15) is 12.0 Å². The molecule has 7 heteroatoms. The molecule has 0 amide bonds. The smallest absolute Gasteiger partial charge is 0.193 e. The SMILES string of the molecule is CN=C(NCC(C)c1ccccc1OC)N1CCN(Cc2ccon2)CC1. The summed E-state index contributed by atoms with van der Waals surface area (Å²) in [7, 11) is 3.56. The molecule has 1 aliphatic rings. The highest BCUT2D eigenvalue weighted by molar-refractivity contribution is 5.80. The Balaban J connectivity index is 1.49. The van der Waals surface area contributed by atoms with Gasteiger partial charge in [-0.3, -0.25) is 9.89 Å². The van der Waals surface area contributed by atoms with Gasteiger partial charge in [0, 0.05) is 58.3 Å². The molecule has 1 aliphatic heterocycles. The maximum absolute atomic E-state index is 5.48. The minimum Gasteiger partial charge on any atom is -0.496 e. The highest BCUT2D eigenvalue weighted by Crippen LogP contribution is 2.25. The molecule has 1 saturated heterocycles. The standard InChI is InChI=1S/C20H29N5O2/c1-16(18-6-4-5-7-19(18)26-3)14-22-20(21-2)25-11-9-24(10-12-25)15-17-8-13-27-23-17/h4-8,13,16H,9-12,14-15H2,1-3H3,(H,21,22). The van der Waals surface area contributed by atoms with Gasteiger partial charge >= 0.3 is 0 Å². The zero-order valence-corrected chi connectivity index (χ0v) is 16.4. The predicted molar refractivity (Wildman–Crippen MR) is 106 cm³/mol. The van der Waals surface area contributed by atoms with Crippen LogP contribution >= 0.6 is 0 Å². The summed E-state index contributed by atoms with van der Waals surface area (Å²) in [5, 5.41) is 7.52. The van der Waals surface area contributed by atoms with Gasteiger partial charge in [0.15, 0.2) is 5.96 Å². The molecule has 2 aromatic rings. The molecular weight excluding hydrogens is 342 g/mol. The number of piperazine rings is 1. The van der Waals surface area contributed by atoms with Gasteiger partial charge in [-0.15, -0.1) is 0 Å². The monoisotopic (exact) mass is 371 g/mol. The Labute approximate surface area is 161 Å². The maximum atomic E-state index is 5.48. The van der Waals surface area contributed by atoms with E-state index in [9.17, 15) is 0 Å². The minimum absolute atomic E-state index is 0.325. The predicted octanol–water partition coefficient (Wildman–Crippen LogP) is 2.18. The Hall–Kier alpha value is -2.54. The first-order valence-corrected chi connectivity index (χ1v) is 9.41. The summed E-state index contributed by atoms with van der Waals surface area (Å²) in [4.78, 5) is 9.18. The highest BCUT2D eigenvalue weighted by Gasteiger charge is 2.21. The van der Waals surface area contributed by atoms with Crippen LogP contribution < -0.4 is 10.1 Å². The Bertz CT molecular complexity index is 724. The van der Waals surface area contributed by atoms with Crippen LogP contribution in [0.1, 0.15) is 24.1 Å². The molecule has 1 N–H and O–H groups in total. The Morgan fingerprint density at radius 1 is 1.26 bits per heavy atom. The number of nitrogens with one attached hydrogen (secondary N) is 1. The number of para-hydroxylation sites is 1. The summed E-state index contributed by atoms with van der Waals surface area (Å²) in [6.45, 7) is 7.70. The Kier molecular flexibility index (Phi) is 6.70. The molecule has 1 fully saturated rings. The molecule has 3 rings (SSSR count). The lowest BCUT2D eigenvalue weighted by molar-refractivity contribution is 0.169. The number of methoxy groups -OCH3 is 1. The fourth-order valence-electron chi connectivity index (χ4n) is 3.43. The van der Waals surface area contributed by atoms with Crippen molar-refractivity contribution in [3.63, 3.8) is 0 Å². The van der Waals surface area contributed by atoms with Gasteiger partial charge < -0.3 is 19.5 Å². The van der Waals surface area contributed by atoms with Crippen molar-refractivity contribution >= 4 is 5.96 Å². The average molecular weight is 371 g/mol. The second-order valence-corrected chi connectivity index (χ2v) is 6.83. The fourth-order valence-corrected chi connectivity index (χ4v) is 3.43. The molecular formula is C20H29N5O2. The maximum Gasteiger partial charge on any atom is 0.193 e. The van der Waals surface area contributed by atoms with E-state index in [4.69, 9.17) is 9.26 Å². The highest BCUT2D eigenvalue weighted by atomic mass is 16.5. The Morgan fingerprint density at radius 3 is 2.70 bits per heavy atom. The van der Waals surface area contributed by atoms with Crippen molar-refractivity contribution in [2.75, 3.05) is 46.9 Å². The number of nitrogens with zero attached hydrogens (tertiary/aromatic N) is 4. The van der Waals surface area contributed by atoms with Gasteiger partial charge in [-0.1, -0.05) is 30.3 Å². The third kappa shape index (κ3) is 5.01. The van der Waals surface area contributed by atoms with Gasteiger partial charge in [-0.2, -0.15) is 0 Å². The van der Waals surface area contributed by atoms with Crippen molar-refractivity contribution in [2.24, 2.45) is 4.99 Å². The lowest BCUT2D eigenvalue weighted by Crippen LogP contribution is -2.52. The lowest BCUT2D eigenvalue weighted by Gasteiger charge is -2.36. The minimum atomic E-state index is 0.325. The third-order valence-corrected chi connectivity index (χ3v) is 5.00. The molecule has 0 bridgehead atoms. The van der Waals surface area contributed by atoms with Crippen LogP contribution in [0.2, 0.25) is 0 Å². The number of guanidine groups is 1. The van der Waals surface area contributed by atoms with Crippen molar-refractivity contribution in [3.8, 4) is 5.75 Å². The zero-order valence-electron chi connectivity index (χ0n) is 16.4. The first kappa shape index (κ1) is 19.2. The molecule has 0 spiro atoms. The second kappa shape index (κ2) is 9.41. The number of rotatable bonds is 6. The largest absolute Gasteiger partial charge is 0.496 e. The third-order valence-electron chi connectivity index (χ3n) is 5.00. The molecule has 0 radical (unpaired) electrons. The molecule has 0 aliphatic carbocycles. The van der Waals surface area contributed by atoms with Crippen LogP contribution in [0.4, 0.5) is 0 Å². The molecule has 146 valence electrons. The summed E-state index contributed by atoms with van der Waals surface area (Å²) in [6, 6.07) is 10.1. The molecule has 27 heavy (non-hydrogen) atoms. The van der Waals surface area contributed by atoms with E-state index in [1.165, 1.54) is 5.56 Å². The Morgan fingerprint density at radius 2 is 2.04 bits per heavy atom. The first-order valence-electron chi connectivity index (χ1n) is 9.41. The number of aliphatic imine (C=N–C) groups is 1. The average Bonchev–Trinajstić information content (AvgIpc) is 3.22. The summed E-state index contributed by atoms with van der Waals surface area (Å²) in [6.07, 6.45) is 1.63. The van der Waals surface area contributed by atoms with Crippen LogP contribution in [0.3, 0.4) is 0 Å². The van der Waals surface area contributed by atoms with Crippen LogP contribution in [-0.4, -0.2) is 67.8 Å². The van der Waals surface area contributed by atoms with E-state index in [1.54, 1.807) is 13.4 Å². The summed E-state index contributed by atoms with van der Waals surface area (Å²) >= 11 is 0. The van der Waals surface area contributed by atoms with Crippen LogP contribution in [0.15, 0.2) is 46.1 Å². The number of hydrogen-bond donors (Lipinski definition) is 1. The molecule has 0 saturated carbocycles. The number of aromatic nitrogens is 1. The number of benzene rings is 1. The number of ether oxygens (including phenoxy) is 1. The zero-order chi connectivity index (χ0) is 19.1. The lowest BCUT2D eigenvalue weighted by atomic mass is 10.0. The topological polar surface area (TPSA) is 66.1 Å². The quantitative estimate of drug-likeness (QED) is 0.620. The fraction of sp³-hybridized carbons (Fsp3) is 0.500. The van der Waals surface area contributed by atoms with E-state index >= 15 is 0 Å². The van der Waals surface area contributed by atoms with E-state index in [0.29, 0.717) is 5.92 Å². The molecule has 1 aromatic carbocycles. The summed E-state index contributed by atoms with van der Waals surface area (Å²) in [5.74, 6) is 2.22. The van der Waals surface area contributed by atoms with Crippen molar-refractivity contribution in [2.45, 2.75) is 19.4 Å². The molecule has 2 heterocycles. The van der Waals surface area contributed by atoms with Gasteiger partial charge in [-0.05, 0) is 11.6 Å². The van der Waals surface area contributed by atoms with Crippen molar-refractivity contribution in [1.82, 2.24) is 20.3 Å². The number of hydrogen-bond acceptors (Lipinski definition) is 5. The van der Waals surface area contributed by atoms with E-state index in [-0.39, 0.29) is 0 Å². The normalized spacial score (nSPS) is 17.0. The first-order chi connectivity index (χ1) is 13.2. The van der Waals surface area contributed by atoms with Crippen LogP contribution in [0, 0.1) is 0 Å². The molecule has 7 nitrogen and oxygen atoms in total. The molecule has 1 unspecified atom stereocenters. The molecule has 1 aromatic heterocycles. The van der Waals surface area contributed by atoms with Crippen LogP contribution in [0.25, 0.3) is 0 Å². The van der Waals surface area contributed by atoms with Gasteiger partial charge in [0.05, 0.1) is 12.8 Å². The second-order valence-electron chi connectivity index (χ2n) is 6.83.